The Balaban J connectivity index is 0.000000202. The van der Waals surface area contributed by atoms with E-state index in [9.17, 15) is 19.0 Å². The van der Waals surface area contributed by atoms with Gasteiger partial charge in [-0.15, -0.1) is 0 Å². The first kappa shape index (κ1) is 29.2. The van der Waals surface area contributed by atoms with Gasteiger partial charge in [0.05, 0.1) is 37.7 Å². The van der Waals surface area contributed by atoms with Crippen LogP contribution >= 0.6 is 15.9 Å². The van der Waals surface area contributed by atoms with Gasteiger partial charge in [0.2, 0.25) is 5.91 Å². The molecular weight excluding hydrogens is 572 g/mol. The highest BCUT2D eigenvalue weighted by Gasteiger charge is 2.33. The van der Waals surface area contributed by atoms with Crippen LogP contribution < -0.4 is 25.3 Å². The Morgan fingerprint density at radius 1 is 1.26 bits per heavy atom. The molecule has 2 aromatic carbocycles. The number of ether oxygens (including phenoxy) is 2. The molecule has 2 saturated heterocycles. The van der Waals surface area contributed by atoms with Gasteiger partial charge in [0.25, 0.3) is 0 Å². The maximum Gasteiger partial charge on any atom is 0.495 e. The summed E-state index contributed by atoms with van der Waals surface area (Å²) in [7, 11) is -0.833. The quantitative estimate of drug-likeness (QED) is 0.270. The Morgan fingerprint density at radius 3 is 2.77 bits per heavy atom. The van der Waals surface area contributed by atoms with Gasteiger partial charge in [0, 0.05) is 30.8 Å². The maximum absolute atomic E-state index is 14.5. The first-order valence-corrected chi connectivity index (χ1v) is 14.4. The number of rotatable bonds is 8. The number of halogens is 2. The van der Waals surface area contributed by atoms with E-state index in [0.717, 1.165) is 54.5 Å². The van der Waals surface area contributed by atoms with Gasteiger partial charge in [0.1, 0.15) is 17.7 Å². The Bertz CT molecular complexity index is 1150. The van der Waals surface area contributed by atoms with Crippen molar-refractivity contribution in [3.63, 3.8) is 0 Å². The highest BCUT2D eigenvalue weighted by Crippen LogP contribution is 2.29. The zero-order valence-corrected chi connectivity index (χ0v) is 23.6. The number of carbonyl (C=O) groups excluding carboxylic acids is 2. The van der Waals surface area contributed by atoms with Crippen LogP contribution in [0.3, 0.4) is 0 Å². The Morgan fingerprint density at radius 2 is 2.05 bits per heavy atom. The lowest BCUT2D eigenvalue weighted by Gasteiger charge is -2.29. The van der Waals surface area contributed by atoms with E-state index in [4.69, 9.17) is 14.1 Å². The first-order valence-electron chi connectivity index (χ1n) is 13.2. The van der Waals surface area contributed by atoms with Crippen molar-refractivity contribution in [2.24, 2.45) is 0 Å². The molecule has 1 atom stereocenters. The van der Waals surface area contributed by atoms with E-state index < -0.39 is 19.3 Å². The lowest BCUT2D eigenvalue weighted by molar-refractivity contribution is -0.119. The smallest absolute Gasteiger partial charge is 0.494 e. The van der Waals surface area contributed by atoms with Gasteiger partial charge >= 0.3 is 13.2 Å². The molecule has 210 valence electrons. The average molecular weight is 606 g/mol. The minimum Gasteiger partial charge on any atom is -0.494 e. The third-order valence-corrected chi connectivity index (χ3v) is 7.29. The molecule has 0 saturated carbocycles. The van der Waals surface area contributed by atoms with E-state index in [1.165, 1.54) is 24.3 Å². The molecule has 2 amide bonds. The predicted molar refractivity (Wildman–Crippen MR) is 152 cm³/mol. The lowest BCUT2D eigenvalue weighted by atomic mass is 9.79. The molecule has 9 nitrogen and oxygen atoms in total. The fourth-order valence-corrected chi connectivity index (χ4v) is 4.99. The molecule has 2 aromatic rings. The second kappa shape index (κ2) is 14.0. The van der Waals surface area contributed by atoms with Crippen LogP contribution in [0.4, 0.5) is 20.6 Å². The summed E-state index contributed by atoms with van der Waals surface area (Å²) in [5.74, 6) is 0.229. The van der Waals surface area contributed by atoms with Crippen LogP contribution in [0.1, 0.15) is 38.2 Å². The molecule has 3 aliphatic rings. The summed E-state index contributed by atoms with van der Waals surface area (Å²) in [6.45, 7) is 4.79. The molecule has 2 N–H and O–H groups in total. The molecule has 0 spiro atoms. The predicted octanol–water partition coefficient (Wildman–Crippen LogP) is 3.35. The van der Waals surface area contributed by atoms with Crippen LogP contribution in [0.2, 0.25) is 0 Å². The van der Waals surface area contributed by atoms with Crippen molar-refractivity contribution in [1.82, 2.24) is 5.32 Å². The Kier molecular flexibility index (Phi) is 10.5. The zero-order chi connectivity index (χ0) is 27.8. The van der Waals surface area contributed by atoms with Gasteiger partial charge in [-0.25, -0.2) is 9.18 Å². The van der Waals surface area contributed by atoms with Crippen molar-refractivity contribution in [2.45, 2.75) is 45.3 Å². The minimum absolute atomic E-state index is 0.179. The molecule has 39 heavy (non-hydrogen) atoms. The average Bonchev–Trinajstić information content (AvgIpc) is 3.51. The number of hydrogen-bond donors (Lipinski definition) is 2. The number of hydrogen-bond acceptors (Lipinski definition) is 7. The second-order valence-corrected chi connectivity index (χ2v) is 10.4. The molecular formula is C27H34BBrFN3O6. The van der Waals surface area contributed by atoms with Gasteiger partial charge in [-0.05, 0) is 55.5 Å². The van der Waals surface area contributed by atoms with Crippen LogP contribution in [0.15, 0.2) is 36.4 Å². The summed E-state index contributed by atoms with van der Waals surface area (Å²) in [5, 5.41) is 13.1. The highest BCUT2D eigenvalue weighted by molar-refractivity contribution is 9.09. The molecule has 0 bridgehead atoms. The number of cyclic esters (lactones) is 1. The molecule has 0 radical (unpaired) electrons. The van der Waals surface area contributed by atoms with Gasteiger partial charge in [-0.3, -0.25) is 9.69 Å². The monoisotopic (exact) mass is 605 g/mol. The van der Waals surface area contributed by atoms with E-state index >= 15 is 0 Å². The summed E-state index contributed by atoms with van der Waals surface area (Å²) in [6.07, 6.45) is 3.34. The molecule has 0 aliphatic carbocycles. The molecule has 5 rings (SSSR count). The number of carbonyl (C=O) groups is 2. The van der Waals surface area contributed by atoms with E-state index in [-0.39, 0.29) is 18.3 Å². The summed E-state index contributed by atoms with van der Waals surface area (Å²) in [6, 6.07) is 10.6. The van der Waals surface area contributed by atoms with Crippen molar-refractivity contribution in [2.75, 3.05) is 47.9 Å². The van der Waals surface area contributed by atoms with E-state index in [1.807, 2.05) is 23.1 Å². The van der Waals surface area contributed by atoms with Crippen molar-refractivity contribution in [3.8, 4) is 5.75 Å². The lowest BCUT2D eigenvalue weighted by Crippen LogP contribution is -2.33. The number of nitrogens with one attached hydrogen (secondary N) is 1. The standard InChI is InChI=1S/C17H22FN3O3.C10H12BBrO3/c1-12(22)19-10-14-11-21(17(23)24-14)13-5-6-16(15(18)9-13)20-7-3-2-4-8-20;12-5-2-6-14-9-4-1-3-8-7-15-11(13)10(8)9/h5-6,9,14H,2-4,7-8,10-11H2,1H3,(H,19,22);1,3-4,13H,2,5-7H2/t14-;/m0./s1. The molecule has 3 aliphatic heterocycles. The highest BCUT2D eigenvalue weighted by atomic mass is 79.9. The Hall–Kier alpha value is -2.83. The van der Waals surface area contributed by atoms with Crippen LogP contribution in [0, 0.1) is 5.82 Å². The van der Waals surface area contributed by atoms with Crippen molar-refractivity contribution in [1.29, 1.82) is 0 Å². The molecule has 12 heteroatoms. The van der Waals surface area contributed by atoms with E-state index in [0.29, 0.717) is 31.1 Å². The topological polar surface area (TPSA) is 101 Å². The molecule has 3 heterocycles. The van der Waals surface area contributed by atoms with E-state index in [2.05, 4.69) is 21.2 Å². The number of piperidine rings is 1. The van der Waals surface area contributed by atoms with Gasteiger partial charge < -0.3 is 29.4 Å². The van der Waals surface area contributed by atoms with Gasteiger partial charge in [-0.1, -0.05) is 28.1 Å². The SMILES string of the molecule is CC(=O)NC[C@H]1CN(c2ccc(N3CCCCC3)c(F)c2)C(=O)O1.OB1OCc2cccc(OCCCBr)c21. The van der Waals surface area contributed by atoms with E-state index in [1.54, 1.807) is 12.1 Å². The van der Waals surface area contributed by atoms with Crippen LogP contribution in [0.25, 0.3) is 0 Å². The summed E-state index contributed by atoms with van der Waals surface area (Å²) in [4.78, 5) is 26.4. The molecule has 2 fully saturated rings. The van der Waals surface area contributed by atoms with Crippen molar-refractivity contribution < 1.29 is 33.1 Å². The number of amides is 2. The summed E-state index contributed by atoms with van der Waals surface area (Å²) >= 11 is 3.34. The third kappa shape index (κ3) is 7.64. The summed E-state index contributed by atoms with van der Waals surface area (Å²) in [5.41, 5.74) is 2.86. The molecule has 0 aromatic heterocycles. The van der Waals surface area contributed by atoms with Crippen molar-refractivity contribution >= 4 is 51.9 Å². The third-order valence-electron chi connectivity index (χ3n) is 6.73. The fourth-order valence-electron chi connectivity index (χ4n) is 4.76. The minimum atomic E-state index is -0.833. The number of anilines is 2. The number of benzene rings is 2. The Labute approximate surface area is 236 Å². The van der Waals surface area contributed by atoms with Crippen LogP contribution in [0.5, 0.6) is 5.75 Å². The van der Waals surface area contributed by atoms with Crippen LogP contribution in [-0.4, -0.2) is 68.4 Å². The van der Waals surface area contributed by atoms with Crippen molar-refractivity contribution in [3.05, 3.63) is 47.8 Å². The van der Waals surface area contributed by atoms with Gasteiger partial charge in [-0.2, -0.15) is 0 Å². The first-order chi connectivity index (χ1) is 18.9. The fraction of sp³-hybridized carbons (Fsp3) is 0.481. The number of alkyl halides is 1. The maximum atomic E-state index is 14.5. The molecule has 0 unspecified atom stereocenters. The largest absolute Gasteiger partial charge is 0.495 e. The normalized spacial score (nSPS) is 18.3. The van der Waals surface area contributed by atoms with Crippen LogP contribution in [-0.2, 0) is 20.8 Å². The van der Waals surface area contributed by atoms with Gasteiger partial charge in [0.15, 0.2) is 0 Å². The summed E-state index contributed by atoms with van der Waals surface area (Å²) < 4.78 is 30.4. The zero-order valence-electron chi connectivity index (χ0n) is 22.0. The number of nitrogens with zero attached hydrogens (tertiary/aromatic N) is 2. The second-order valence-electron chi connectivity index (χ2n) is 9.62. The number of fused-ring (bicyclic) bond motifs is 1.